The zero-order chi connectivity index (χ0) is 28.9. The van der Waals surface area contributed by atoms with Gasteiger partial charge in [-0.2, -0.15) is 0 Å². The van der Waals surface area contributed by atoms with Crippen molar-refractivity contribution in [2.24, 2.45) is 5.41 Å². The number of nitrogens with zero attached hydrogens (tertiary/aromatic N) is 3. The van der Waals surface area contributed by atoms with Crippen LogP contribution in [0.3, 0.4) is 0 Å². The number of para-hydroxylation sites is 1. The number of hydrogen-bond acceptors (Lipinski definition) is 5. The van der Waals surface area contributed by atoms with Gasteiger partial charge < -0.3 is 25.2 Å². The molecule has 2 aromatic heterocycles. The SMILES string of the molecule is CC(C)(C)[C@H](NC(=O)c1cc2ccccc2[nH]1)C(=O)N1C[C@@H]2C[C@H]1CN2C(=O)c1ccc(C2(O)CCCCC2)cn1. The van der Waals surface area contributed by atoms with Crippen LogP contribution in [0.5, 0.6) is 0 Å². The number of rotatable bonds is 5. The minimum atomic E-state index is -0.853. The molecular formula is C32H39N5O4. The average molecular weight is 558 g/mol. The molecule has 3 aliphatic rings. The summed E-state index contributed by atoms with van der Waals surface area (Å²) in [5.74, 6) is -0.584. The third-order valence-corrected chi connectivity index (χ3v) is 9.15. The van der Waals surface area contributed by atoms with E-state index < -0.39 is 17.1 Å². The van der Waals surface area contributed by atoms with Crippen LogP contribution >= 0.6 is 0 Å². The molecule has 216 valence electrons. The summed E-state index contributed by atoms with van der Waals surface area (Å²) >= 11 is 0. The van der Waals surface area contributed by atoms with Gasteiger partial charge in [0, 0.05) is 35.8 Å². The highest BCUT2D eigenvalue weighted by Gasteiger charge is 2.50. The Balaban J connectivity index is 1.12. The molecule has 1 aliphatic carbocycles. The largest absolute Gasteiger partial charge is 0.385 e. The number of likely N-dealkylation sites (tertiary alicyclic amines) is 2. The van der Waals surface area contributed by atoms with Gasteiger partial charge in [-0.1, -0.05) is 64.3 Å². The van der Waals surface area contributed by atoms with Crippen molar-refractivity contribution in [1.82, 2.24) is 25.1 Å². The zero-order valence-corrected chi connectivity index (χ0v) is 24.0. The van der Waals surface area contributed by atoms with Crippen LogP contribution in [0, 0.1) is 5.41 Å². The molecule has 1 aromatic carbocycles. The number of fused-ring (bicyclic) bond motifs is 3. The summed E-state index contributed by atoms with van der Waals surface area (Å²) in [5.41, 5.74) is 1.06. The second-order valence-corrected chi connectivity index (χ2v) is 13.1. The number of aliphatic hydroxyl groups is 1. The fraction of sp³-hybridized carbons (Fsp3) is 0.500. The first kappa shape index (κ1) is 27.4. The molecule has 2 bridgehead atoms. The number of carbonyl (C=O) groups is 3. The Bertz CT molecular complexity index is 1430. The van der Waals surface area contributed by atoms with Crippen molar-refractivity contribution >= 4 is 28.6 Å². The number of pyridine rings is 1. The van der Waals surface area contributed by atoms with Crippen LogP contribution < -0.4 is 5.32 Å². The Labute approximate surface area is 240 Å². The minimum Gasteiger partial charge on any atom is -0.385 e. The van der Waals surface area contributed by atoms with Gasteiger partial charge in [-0.3, -0.25) is 19.4 Å². The number of nitrogens with one attached hydrogen (secondary N) is 2. The number of amides is 3. The molecule has 3 fully saturated rings. The van der Waals surface area contributed by atoms with E-state index in [0.29, 0.717) is 30.9 Å². The monoisotopic (exact) mass is 557 g/mol. The maximum Gasteiger partial charge on any atom is 0.272 e. The summed E-state index contributed by atoms with van der Waals surface area (Å²) < 4.78 is 0. The van der Waals surface area contributed by atoms with Crippen LogP contribution in [0.15, 0.2) is 48.7 Å². The van der Waals surface area contributed by atoms with E-state index in [1.807, 2.05) is 60.9 Å². The van der Waals surface area contributed by atoms with Gasteiger partial charge in [0.25, 0.3) is 11.8 Å². The summed E-state index contributed by atoms with van der Waals surface area (Å²) in [7, 11) is 0. The van der Waals surface area contributed by atoms with Crippen molar-refractivity contribution in [3.05, 3.63) is 65.6 Å². The average Bonchev–Trinajstić information content (AvgIpc) is 3.69. The van der Waals surface area contributed by atoms with Crippen LogP contribution in [0.2, 0.25) is 0 Å². The van der Waals surface area contributed by atoms with Crippen molar-refractivity contribution in [3.63, 3.8) is 0 Å². The van der Waals surface area contributed by atoms with Gasteiger partial charge in [0.1, 0.15) is 17.4 Å². The fourth-order valence-corrected chi connectivity index (χ4v) is 6.77. The van der Waals surface area contributed by atoms with E-state index in [1.165, 1.54) is 0 Å². The van der Waals surface area contributed by atoms with Crippen molar-refractivity contribution in [2.45, 2.75) is 83.0 Å². The summed E-state index contributed by atoms with van der Waals surface area (Å²) in [6.07, 6.45) is 6.92. The molecule has 6 rings (SSSR count). The van der Waals surface area contributed by atoms with Crippen molar-refractivity contribution in [2.75, 3.05) is 13.1 Å². The van der Waals surface area contributed by atoms with E-state index in [2.05, 4.69) is 15.3 Å². The van der Waals surface area contributed by atoms with Gasteiger partial charge in [-0.25, -0.2) is 0 Å². The van der Waals surface area contributed by atoms with E-state index in [9.17, 15) is 19.5 Å². The molecule has 9 heteroatoms. The maximum atomic E-state index is 13.8. The first-order chi connectivity index (χ1) is 19.5. The van der Waals surface area contributed by atoms with Crippen LogP contribution in [0.25, 0.3) is 10.9 Å². The molecule has 1 saturated carbocycles. The first-order valence-electron chi connectivity index (χ1n) is 14.7. The van der Waals surface area contributed by atoms with Crippen LogP contribution in [0.4, 0.5) is 0 Å². The van der Waals surface area contributed by atoms with E-state index in [4.69, 9.17) is 0 Å². The van der Waals surface area contributed by atoms with Crippen LogP contribution in [-0.2, 0) is 10.4 Å². The number of H-pyrrole nitrogens is 1. The highest BCUT2D eigenvalue weighted by Crippen LogP contribution is 2.37. The molecule has 3 amide bonds. The smallest absolute Gasteiger partial charge is 0.272 e. The van der Waals surface area contributed by atoms with E-state index in [-0.39, 0.29) is 29.8 Å². The first-order valence-corrected chi connectivity index (χ1v) is 14.7. The van der Waals surface area contributed by atoms with Crippen LogP contribution in [-0.4, -0.2) is 73.8 Å². The predicted octanol–water partition coefficient (Wildman–Crippen LogP) is 3.98. The Kier molecular flexibility index (Phi) is 6.88. The third kappa shape index (κ3) is 5.12. The van der Waals surface area contributed by atoms with Gasteiger partial charge in [0.05, 0.1) is 17.7 Å². The van der Waals surface area contributed by atoms with Crippen molar-refractivity contribution < 1.29 is 19.5 Å². The quantitative estimate of drug-likeness (QED) is 0.439. The molecule has 3 N–H and O–H groups in total. The topological polar surface area (TPSA) is 119 Å². The van der Waals surface area contributed by atoms with E-state index in [1.54, 1.807) is 18.3 Å². The molecule has 3 atom stereocenters. The van der Waals surface area contributed by atoms with Gasteiger partial charge in [-0.05, 0) is 42.9 Å². The summed E-state index contributed by atoms with van der Waals surface area (Å²) in [6, 6.07) is 12.1. The highest BCUT2D eigenvalue weighted by atomic mass is 16.3. The van der Waals surface area contributed by atoms with Crippen molar-refractivity contribution in [3.8, 4) is 0 Å². The predicted molar refractivity (Wildman–Crippen MR) is 155 cm³/mol. The van der Waals surface area contributed by atoms with Gasteiger partial charge in [0.15, 0.2) is 0 Å². The molecule has 3 aromatic rings. The van der Waals surface area contributed by atoms with E-state index >= 15 is 0 Å². The number of aromatic amines is 1. The second kappa shape index (κ2) is 10.3. The lowest BCUT2D eigenvalue weighted by molar-refractivity contribution is -0.138. The molecule has 2 aliphatic heterocycles. The summed E-state index contributed by atoms with van der Waals surface area (Å²) in [5, 5.41) is 14.9. The molecular weight excluding hydrogens is 518 g/mol. The third-order valence-electron chi connectivity index (χ3n) is 9.15. The number of aromatic nitrogens is 2. The molecule has 2 saturated heterocycles. The molecule has 9 nitrogen and oxygen atoms in total. The number of hydrogen-bond donors (Lipinski definition) is 3. The zero-order valence-electron chi connectivity index (χ0n) is 24.0. The lowest BCUT2D eigenvalue weighted by Gasteiger charge is -2.39. The van der Waals surface area contributed by atoms with Gasteiger partial charge in [-0.15, -0.1) is 0 Å². The number of piperazine rings is 1. The maximum absolute atomic E-state index is 13.8. The fourth-order valence-electron chi connectivity index (χ4n) is 6.77. The standard InChI is InChI=1S/C32H39N5O4/c1-31(2,3)27(35-28(38)26-15-20-9-5-6-10-24(20)34-26)30(40)37-19-22-16-23(37)18-36(22)29(39)25-12-11-21(17-33-25)32(41)13-7-4-8-14-32/h5-6,9-12,15,17,22-23,27,34,41H,4,7-8,13-14,16,18-19H2,1-3H3,(H,35,38)/t22-,23-,27+/m0/s1. The van der Waals surface area contributed by atoms with Crippen LogP contribution in [0.1, 0.15) is 85.8 Å². The van der Waals surface area contributed by atoms with E-state index in [0.717, 1.165) is 48.6 Å². The number of benzene rings is 1. The minimum absolute atomic E-state index is 0.0921. The van der Waals surface area contributed by atoms with Gasteiger partial charge >= 0.3 is 0 Å². The Morgan fingerprint density at radius 1 is 1.02 bits per heavy atom. The van der Waals surface area contributed by atoms with Crippen molar-refractivity contribution in [1.29, 1.82) is 0 Å². The Morgan fingerprint density at radius 3 is 2.37 bits per heavy atom. The molecule has 4 heterocycles. The molecule has 0 spiro atoms. The normalized spacial score (nSPS) is 22.6. The highest BCUT2D eigenvalue weighted by molar-refractivity contribution is 6.00. The second-order valence-electron chi connectivity index (χ2n) is 13.1. The summed E-state index contributed by atoms with van der Waals surface area (Å²) in [6.45, 7) is 6.72. The van der Waals surface area contributed by atoms with Gasteiger partial charge in [0.2, 0.25) is 5.91 Å². The summed E-state index contributed by atoms with van der Waals surface area (Å²) in [4.78, 5) is 51.7. The molecule has 0 radical (unpaired) electrons. The Morgan fingerprint density at radius 2 is 1.73 bits per heavy atom. The molecule has 0 unspecified atom stereocenters. The lowest BCUT2D eigenvalue weighted by Crippen LogP contribution is -2.59. The lowest BCUT2D eigenvalue weighted by atomic mass is 9.80. The Hall–Kier alpha value is -3.72. The molecule has 41 heavy (non-hydrogen) atoms. The number of carbonyl (C=O) groups excluding carboxylic acids is 3.